The molecule has 1 atom stereocenters. The molecule has 1 fully saturated rings. The summed E-state index contributed by atoms with van der Waals surface area (Å²) in [6, 6.07) is 1.95. The van der Waals surface area contributed by atoms with Gasteiger partial charge in [-0.25, -0.2) is 0 Å². The van der Waals surface area contributed by atoms with E-state index in [2.05, 4.69) is 15.4 Å². The number of nitrogens with two attached hydrogens (primary N) is 1. The number of rotatable bonds is 3. The minimum Gasteiger partial charge on any atom is -0.338 e. The number of nitrogens with zero attached hydrogens (tertiary/aromatic N) is 2. The lowest BCUT2D eigenvalue weighted by molar-refractivity contribution is -0.117. The predicted molar refractivity (Wildman–Crippen MR) is 77.5 cm³/mol. The summed E-state index contributed by atoms with van der Waals surface area (Å²) in [6.45, 7) is 8.18. The number of carbonyl (C=O) groups is 1. The van der Waals surface area contributed by atoms with Crippen LogP contribution in [0, 0.1) is 0 Å². The summed E-state index contributed by atoms with van der Waals surface area (Å²) in [4.78, 5) is 14.0. The third-order valence-corrected chi connectivity index (χ3v) is 3.45. The summed E-state index contributed by atoms with van der Waals surface area (Å²) < 4.78 is 5.15. The smallest absolute Gasteiger partial charge is 0.240 e. The first-order valence-electron chi connectivity index (χ1n) is 7.09. The molecule has 1 aromatic heterocycles. The number of piperidine rings is 1. The Labute approximate surface area is 119 Å². The molecule has 0 aliphatic carbocycles. The van der Waals surface area contributed by atoms with Gasteiger partial charge in [0.05, 0.1) is 12.2 Å². The summed E-state index contributed by atoms with van der Waals surface area (Å²) in [7, 11) is 0. The van der Waals surface area contributed by atoms with Crippen LogP contribution in [0.15, 0.2) is 10.6 Å². The molecule has 3 N–H and O–H groups in total. The molecule has 112 valence electrons. The molecule has 1 saturated heterocycles. The Morgan fingerprint density at radius 3 is 2.95 bits per heavy atom. The van der Waals surface area contributed by atoms with Crippen molar-refractivity contribution in [3.8, 4) is 0 Å². The fraction of sp³-hybridized carbons (Fsp3) is 0.714. The van der Waals surface area contributed by atoms with Crippen LogP contribution in [0.3, 0.4) is 0 Å². The second-order valence-corrected chi connectivity index (χ2v) is 6.51. The van der Waals surface area contributed by atoms with Gasteiger partial charge in [-0.15, -0.1) is 0 Å². The van der Waals surface area contributed by atoms with Gasteiger partial charge in [-0.2, -0.15) is 0 Å². The first-order valence-corrected chi connectivity index (χ1v) is 7.09. The number of likely N-dealkylation sites (tertiary alicyclic amines) is 1. The molecule has 2 rings (SSSR count). The average molecular weight is 280 g/mol. The van der Waals surface area contributed by atoms with Crippen molar-refractivity contribution >= 4 is 11.8 Å². The number of carbonyl (C=O) groups excluding carboxylic acids is 1. The van der Waals surface area contributed by atoms with Crippen LogP contribution in [0.5, 0.6) is 0 Å². The Kier molecular flexibility index (Phi) is 4.45. The van der Waals surface area contributed by atoms with Crippen molar-refractivity contribution in [1.82, 2.24) is 10.1 Å². The lowest BCUT2D eigenvalue weighted by Gasteiger charge is -2.29. The normalized spacial score (nSPS) is 20.9. The molecule has 0 radical (unpaired) electrons. The van der Waals surface area contributed by atoms with Gasteiger partial charge in [-0.3, -0.25) is 15.0 Å². The van der Waals surface area contributed by atoms with E-state index in [-0.39, 0.29) is 17.4 Å². The monoisotopic (exact) mass is 280 g/mol. The SMILES string of the molecule is CC(C)(C)c1cc(NC(=O)CN2CCC[C@@H](N)C2)on1. The zero-order valence-corrected chi connectivity index (χ0v) is 12.5. The van der Waals surface area contributed by atoms with Crippen LogP contribution >= 0.6 is 0 Å². The van der Waals surface area contributed by atoms with Crippen molar-refractivity contribution in [2.24, 2.45) is 5.73 Å². The minimum atomic E-state index is -0.0912. The standard InChI is InChI=1S/C14H24N4O2/c1-14(2,3)11-7-13(20-17-11)16-12(19)9-18-6-4-5-10(15)8-18/h7,10H,4-6,8-9,15H2,1-3H3,(H,16,19)/t10-/m1/s1. The van der Waals surface area contributed by atoms with Gasteiger partial charge in [-0.05, 0) is 19.4 Å². The largest absolute Gasteiger partial charge is 0.338 e. The molecule has 0 saturated carbocycles. The molecular weight excluding hydrogens is 256 g/mol. The highest BCUT2D eigenvalue weighted by Gasteiger charge is 2.21. The summed E-state index contributed by atoms with van der Waals surface area (Å²) in [5.74, 6) is 0.317. The van der Waals surface area contributed by atoms with Gasteiger partial charge in [0.1, 0.15) is 0 Å². The second kappa shape index (κ2) is 5.93. The maximum absolute atomic E-state index is 12.0. The number of hydrogen-bond acceptors (Lipinski definition) is 5. The van der Waals surface area contributed by atoms with E-state index in [1.54, 1.807) is 6.07 Å². The van der Waals surface area contributed by atoms with Gasteiger partial charge < -0.3 is 10.3 Å². The van der Waals surface area contributed by atoms with Crippen LogP contribution in [-0.4, -0.2) is 41.6 Å². The Morgan fingerprint density at radius 1 is 1.60 bits per heavy atom. The van der Waals surface area contributed by atoms with Crippen molar-refractivity contribution in [3.63, 3.8) is 0 Å². The average Bonchev–Trinajstić information content (AvgIpc) is 2.76. The molecule has 1 amide bonds. The van der Waals surface area contributed by atoms with Crippen LogP contribution < -0.4 is 11.1 Å². The fourth-order valence-corrected chi connectivity index (χ4v) is 2.30. The Balaban J connectivity index is 1.86. The van der Waals surface area contributed by atoms with Gasteiger partial charge in [0.2, 0.25) is 11.8 Å². The molecule has 1 aliphatic heterocycles. The van der Waals surface area contributed by atoms with Crippen LogP contribution in [0.25, 0.3) is 0 Å². The molecule has 0 aromatic carbocycles. The third kappa shape index (κ3) is 4.05. The summed E-state index contributed by atoms with van der Waals surface area (Å²) in [6.07, 6.45) is 2.08. The first-order chi connectivity index (χ1) is 9.34. The van der Waals surface area contributed by atoms with Crippen molar-refractivity contribution in [2.75, 3.05) is 25.0 Å². The maximum Gasteiger partial charge on any atom is 0.240 e. The number of aromatic nitrogens is 1. The molecule has 6 heteroatoms. The molecule has 6 nitrogen and oxygen atoms in total. The van der Waals surface area contributed by atoms with E-state index in [1.807, 2.05) is 20.8 Å². The van der Waals surface area contributed by atoms with Crippen LogP contribution in [0.4, 0.5) is 5.88 Å². The molecule has 20 heavy (non-hydrogen) atoms. The highest BCUT2D eigenvalue weighted by Crippen LogP contribution is 2.23. The van der Waals surface area contributed by atoms with Crippen molar-refractivity contribution in [1.29, 1.82) is 0 Å². The molecular formula is C14H24N4O2. The van der Waals surface area contributed by atoms with E-state index >= 15 is 0 Å². The van der Waals surface area contributed by atoms with Gasteiger partial charge in [0, 0.05) is 24.1 Å². The molecule has 1 aromatic rings. The van der Waals surface area contributed by atoms with E-state index < -0.39 is 0 Å². The Morgan fingerprint density at radius 2 is 2.35 bits per heavy atom. The summed E-state index contributed by atoms with van der Waals surface area (Å²) in [5, 5.41) is 6.72. The van der Waals surface area contributed by atoms with Gasteiger partial charge in [0.25, 0.3) is 0 Å². The third-order valence-electron chi connectivity index (χ3n) is 3.45. The van der Waals surface area contributed by atoms with Gasteiger partial charge in [-0.1, -0.05) is 25.9 Å². The minimum absolute atomic E-state index is 0.0873. The summed E-state index contributed by atoms with van der Waals surface area (Å²) >= 11 is 0. The van der Waals surface area contributed by atoms with Crippen LogP contribution in [0.1, 0.15) is 39.3 Å². The van der Waals surface area contributed by atoms with E-state index in [0.29, 0.717) is 12.4 Å². The maximum atomic E-state index is 12.0. The first kappa shape index (κ1) is 15.0. The van der Waals surface area contributed by atoms with Gasteiger partial charge >= 0.3 is 0 Å². The van der Waals surface area contributed by atoms with Crippen molar-refractivity contribution in [2.45, 2.75) is 45.1 Å². The molecule has 0 unspecified atom stereocenters. The number of hydrogen-bond donors (Lipinski definition) is 2. The zero-order valence-electron chi connectivity index (χ0n) is 12.5. The highest BCUT2D eigenvalue weighted by atomic mass is 16.5. The number of amides is 1. The van der Waals surface area contributed by atoms with Crippen molar-refractivity contribution < 1.29 is 9.32 Å². The molecule has 0 spiro atoms. The topological polar surface area (TPSA) is 84.4 Å². The predicted octanol–water partition coefficient (Wildman–Crippen LogP) is 1.33. The van der Waals surface area contributed by atoms with Crippen LogP contribution in [-0.2, 0) is 10.2 Å². The fourth-order valence-electron chi connectivity index (χ4n) is 2.30. The quantitative estimate of drug-likeness (QED) is 0.872. The van der Waals surface area contributed by atoms with E-state index in [9.17, 15) is 4.79 Å². The summed E-state index contributed by atoms with van der Waals surface area (Å²) in [5.41, 5.74) is 6.64. The Hall–Kier alpha value is -1.40. The van der Waals surface area contributed by atoms with Crippen LogP contribution in [0.2, 0.25) is 0 Å². The van der Waals surface area contributed by atoms with Gasteiger partial charge in [0.15, 0.2) is 0 Å². The number of nitrogens with one attached hydrogen (secondary N) is 1. The molecule has 2 heterocycles. The zero-order chi connectivity index (χ0) is 14.8. The van der Waals surface area contributed by atoms with Crippen molar-refractivity contribution in [3.05, 3.63) is 11.8 Å². The number of anilines is 1. The Bertz CT molecular complexity index is 464. The van der Waals surface area contributed by atoms with E-state index in [4.69, 9.17) is 10.3 Å². The molecule has 1 aliphatic rings. The van der Waals surface area contributed by atoms with E-state index in [0.717, 1.165) is 31.6 Å². The second-order valence-electron chi connectivity index (χ2n) is 6.51. The lowest BCUT2D eigenvalue weighted by Crippen LogP contribution is -2.45. The van der Waals surface area contributed by atoms with E-state index in [1.165, 1.54) is 0 Å². The molecule has 0 bridgehead atoms. The highest BCUT2D eigenvalue weighted by molar-refractivity contribution is 5.91. The lowest BCUT2D eigenvalue weighted by atomic mass is 9.92.